The van der Waals surface area contributed by atoms with Crippen molar-refractivity contribution in [2.24, 2.45) is 0 Å². The molecular weight excluding hydrogens is 516 g/mol. The van der Waals surface area contributed by atoms with E-state index in [-0.39, 0.29) is 24.1 Å². The van der Waals surface area contributed by atoms with Crippen LogP contribution in [0.5, 0.6) is 0 Å². The van der Waals surface area contributed by atoms with Crippen LogP contribution in [-0.2, 0) is 6.54 Å². The van der Waals surface area contributed by atoms with Crippen LogP contribution in [-0.4, -0.2) is 59.0 Å². The molecular formula is C29H31BrN4O2. The maximum Gasteiger partial charge on any atom is 0.329 e. The zero-order valence-electron chi connectivity index (χ0n) is 20.5. The molecule has 0 unspecified atom stereocenters. The zero-order valence-corrected chi connectivity index (χ0v) is 22.0. The first-order valence-corrected chi connectivity index (χ1v) is 13.3. The molecule has 0 aliphatic carbocycles. The molecule has 186 valence electrons. The Kier molecular flexibility index (Phi) is 7.28. The van der Waals surface area contributed by atoms with Gasteiger partial charge in [0.15, 0.2) is 0 Å². The largest absolute Gasteiger partial charge is 0.329 e. The van der Waals surface area contributed by atoms with Crippen LogP contribution in [0.25, 0.3) is 0 Å². The Balaban J connectivity index is 1.34. The number of urea groups is 2. The third-order valence-corrected chi connectivity index (χ3v) is 7.62. The minimum Gasteiger partial charge on any atom is -0.323 e. The van der Waals surface area contributed by atoms with Gasteiger partial charge in [-0.1, -0.05) is 64.5 Å². The van der Waals surface area contributed by atoms with Gasteiger partial charge in [0.2, 0.25) is 0 Å². The second-order valence-electron chi connectivity index (χ2n) is 9.60. The van der Waals surface area contributed by atoms with Gasteiger partial charge in [-0.2, -0.15) is 0 Å². The van der Waals surface area contributed by atoms with Gasteiger partial charge >= 0.3 is 12.1 Å². The number of halogens is 1. The third kappa shape index (κ3) is 5.12. The van der Waals surface area contributed by atoms with Gasteiger partial charge in [-0.3, -0.25) is 4.90 Å². The monoisotopic (exact) mass is 546 g/mol. The van der Waals surface area contributed by atoms with Crippen LogP contribution in [0.15, 0.2) is 89.4 Å². The van der Waals surface area contributed by atoms with Crippen molar-refractivity contribution >= 4 is 39.4 Å². The van der Waals surface area contributed by atoms with E-state index in [0.29, 0.717) is 19.6 Å². The lowest BCUT2D eigenvalue weighted by Gasteiger charge is -2.51. The summed E-state index contributed by atoms with van der Waals surface area (Å²) in [4.78, 5) is 35.1. The molecule has 4 amide bonds. The van der Waals surface area contributed by atoms with Crippen molar-refractivity contribution in [2.75, 3.05) is 25.0 Å². The van der Waals surface area contributed by atoms with Gasteiger partial charge in [-0.25, -0.2) is 9.59 Å². The Hall–Kier alpha value is -3.32. The first-order valence-electron chi connectivity index (χ1n) is 12.5. The molecule has 2 bridgehead atoms. The van der Waals surface area contributed by atoms with Crippen molar-refractivity contribution in [1.82, 2.24) is 14.7 Å². The highest BCUT2D eigenvalue weighted by molar-refractivity contribution is 9.10. The fraction of sp³-hybridized carbons (Fsp3) is 0.310. The maximum atomic E-state index is 13.9. The summed E-state index contributed by atoms with van der Waals surface area (Å²) in [5.41, 5.74) is 2.77. The van der Waals surface area contributed by atoms with Crippen molar-refractivity contribution in [3.63, 3.8) is 0 Å². The molecule has 6 nitrogen and oxygen atoms in total. The van der Waals surface area contributed by atoms with Gasteiger partial charge in [-0.15, -0.1) is 0 Å². The molecule has 0 aromatic heterocycles. The standard InChI is InChI=1S/C29H31BrN4O2/c1-31(19-22-15-17-23(30)18-16-22)28(35)34-26-13-8-14-27(34)21-32(20-26)29(36)33(24-9-4-2-5-10-24)25-11-6-3-7-12-25/h2-7,9-12,15-18,26-27H,8,13-14,19-21H2,1H3/t26-,27+. The fourth-order valence-corrected chi connectivity index (χ4v) is 5.63. The average Bonchev–Trinajstić information content (AvgIpc) is 2.90. The lowest BCUT2D eigenvalue weighted by molar-refractivity contribution is 0.0237. The molecule has 3 aromatic rings. The lowest BCUT2D eigenvalue weighted by atomic mass is 9.91. The van der Waals surface area contributed by atoms with Crippen molar-refractivity contribution < 1.29 is 9.59 Å². The number of anilines is 2. The summed E-state index contributed by atoms with van der Waals surface area (Å²) >= 11 is 3.47. The van der Waals surface area contributed by atoms with E-state index in [0.717, 1.165) is 40.7 Å². The van der Waals surface area contributed by atoms with Gasteiger partial charge in [0.25, 0.3) is 0 Å². The number of piperazine rings is 1. The summed E-state index contributed by atoms with van der Waals surface area (Å²) in [6.07, 6.45) is 2.91. The van der Waals surface area contributed by atoms with Crippen LogP contribution in [0.2, 0.25) is 0 Å². The van der Waals surface area contributed by atoms with Gasteiger partial charge in [0.1, 0.15) is 0 Å². The highest BCUT2D eigenvalue weighted by Crippen LogP contribution is 2.33. The summed E-state index contributed by atoms with van der Waals surface area (Å²) in [6, 6.07) is 27.7. The first-order chi connectivity index (χ1) is 17.5. The number of carbonyl (C=O) groups excluding carboxylic acids is 2. The summed E-state index contributed by atoms with van der Waals surface area (Å²) in [7, 11) is 1.87. The van der Waals surface area contributed by atoms with Gasteiger partial charge in [0, 0.05) is 31.2 Å². The van der Waals surface area contributed by atoms with E-state index in [1.165, 1.54) is 0 Å². The third-order valence-electron chi connectivity index (χ3n) is 7.09. The molecule has 0 saturated carbocycles. The Labute approximate surface area is 221 Å². The van der Waals surface area contributed by atoms with Gasteiger partial charge in [-0.05, 0) is 61.2 Å². The number of nitrogens with zero attached hydrogens (tertiary/aromatic N) is 4. The van der Waals surface area contributed by atoms with Crippen molar-refractivity contribution in [2.45, 2.75) is 37.9 Å². The fourth-order valence-electron chi connectivity index (χ4n) is 5.37. The van der Waals surface area contributed by atoms with Crippen molar-refractivity contribution in [1.29, 1.82) is 0 Å². The quantitative estimate of drug-likeness (QED) is 0.375. The Morgan fingerprint density at radius 1 is 0.806 bits per heavy atom. The van der Waals surface area contributed by atoms with E-state index in [2.05, 4.69) is 15.9 Å². The number of likely N-dealkylation sites (tertiary alicyclic amines) is 1. The van der Waals surface area contributed by atoms with Gasteiger partial charge < -0.3 is 14.7 Å². The summed E-state index contributed by atoms with van der Waals surface area (Å²) in [6.45, 7) is 1.65. The Morgan fingerprint density at radius 2 is 1.33 bits per heavy atom. The number of para-hydroxylation sites is 2. The Morgan fingerprint density at radius 3 is 1.86 bits per heavy atom. The van der Waals surface area contributed by atoms with Crippen molar-refractivity contribution in [3.05, 3.63) is 95.0 Å². The lowest BCUT2D eigenvalue weighted by Crippen LogP contribution is -2.66. The molecule has 2 atom stereocenters. The molecule has 2 saturated heterocycles. The molecule has 36 heavy (non-hydrogen) atoms. The molecule has 3 aromatic carbocycles. The topological polar surface area (TPSA) is 47.1 Å². The summed E-state index contributed by atoms with van der Waals surface area (Å²) in [5.74, 6) is 0. The number of rotatable bonds is 4. The van der Waals surface area contributed by atoms with E-state index < -0.39 is 0 Å². The normalized spacial score (nSPS) is 19.1. The van der Waals surface area contributed by atoms with Crippen LogP contribution < -0.4 is 4.90 Å². The van der Waals surface area contributed by atoms with E-state index in [9.17, 15) is 9.59 Å². The number of benzene rings is 3. The van der Waals surface area contributed by atoms with Crippen molar-refractivity contribution in [3.8, 4) is 0 Å². The maximum absolute atomic E-state index is 13.9. The molecule has 2 aliphatic heterocycles. The van der Waals surface area contributed by atoms with Crippen LogP contribution in [0, 0.1) is 0 Å². The second-order valence-corrected chi connectivity index (χ2v) is 10.5. The highest BCUT2D eigenvalue weighted by Gasteiger charge is 2.43. The minimum absolute atomic E-state index is 0.0229. The molecule has 0 N–H and O–H groups in total. The number of carbonyl (C=O) groups is 2. The minimum atomic E-state index is -0.0420. The molecule has 2 aliphatic rings. The summed E-state index contributed by atoms with van der Waals surface area (Å²) < 4.78 is 1.02. The van der Waals surface area contributed by atoms with E-state index in [1.807, 2.05) is 102 Å². The molecule has 2 heterocycles. The van der Waals surface area contributed by atoms with E-state index in [4.69, 9.17) is 0 Å². The number of hydrogen-bond donors (Lipinski definition) is 0. The van der Waals surface area contributed by atoms with Gasteiger partial charge in [0.05, 0.1) is 23.5 Å². The van der Waals surface area contributed by atoms with E-state index >= 15 is 0 Å². The number of piperidine rings is 1. The van der Waals surface area contributed by atoms with Crippen LogP contribution in [0.3, 0.4) is 0 Å². The molecule has 5 rings (SSSR count). The van der Waals surface area contributed by atoms with E-state index in [1.54, 1.807) is 9.80 Å². The number of amides is 4. The molecule has 2 fully saturated rings. The van der Waals surface area contributed by atoms with Crippen LogP contribution in [0.4, 0.5) is 21.0 Å². The molecule has 7 heteroatoms. The average molecular weight is 547 g/mol. The predicted molar refractivity (Wildman–Crippen MR) is 146 cm³/mol. The molecule has 0 spiro atoms. The Bertz CT molecular complexity index is 1140. The second kappa shape index (κ2) is 10.7. The SMILES string of the molecule is CN(Cc1ccc(Br)cc1)C(=O)N1[C@@H]2CCC[C@H]1CN(C(=O)N(c1ccccc1)c1ccccc1)C2. The van der Waals surface area contributed by atoms with Crippen LogP contribution in [0.1, 0.15) is 24.8 Å². The first kappa shape index (κ1) is 24.4. The predicted octanol–water partition coefficient (Wildman–Crippen LogP) is 6.50. The number of hydrogen-bond acceptors (Lipinski definition) is 2. The number of fused-ring (bicyclic) bond motifs is 2. The zero-order chi connectivity index (χ0) is 25.1. The smallest absolute Gasteiger partial charge is 0.323 e. The summed E-state index contributed by atoms with van der Waals surface area (Å²) in [5, 5.41) is 0. The molecule has 0 radical (unpaired) electrons. The highest BCUT2D eigenvalue weighted by atomic mass is 79.9. The van der Waals surface area contributed by atoms with Crippen LogP contribution >= 0.6 is 15.9 Å².